The molecule has 1 aromatic heterocycles. The number of aliphatic imine (C=N–C) groups is 1. The molecule has 0 radical (unpaired) electrons. The van der Waals surface area contributed by atoms with E-state index in [9.17, 15) is 0 Å². The summed E-state index contributed by atoms with van der Waals surface area (Å²) in [6.45, 7) is 6.26. The Morgan fingerprint density at radius 1 is 1.39 bits per heavy atom. The molecule has 0 saturated carbocycles. The van der Waals surface area contributed by atoms with Crippen molar-refractivity contribution in [1.82, 2.24) is 15.2 Å². The molecule has 8 heteroatoms. The first-order valence-corrected chi connectivity index (χ1v) is 8.06. The first kappa shape index (κ1) is 20.4. The highest BCUT2D eigenvalue weighted by atomic mass is 127. The van der Waals surface area contributed by atoms with E-state index in [1.165, 1.54) is 0 Å². The Morgan fingerprint density at radius 2 is 2.17 bits per heavy atom. The normalized spacial score (nSPS) is 16.0. The van der Waals surface area contributed by atoms with Crippen LogP contribution in [0.1, 0.15) is 12.0 Å². The van der Waals surface area contributed by atoms with Crippen LogP contribution in [0.5, 0.6) is 0 Å². The molecule has 0 atom stereocenters. The average molecular weight is 454 g/mol. The second kappa shape index (κ2) is 11.8. The molecule has 6 nitrogen and oxygen atoms in total. The van der Waals surface area contributed by atoms with Crippen molar-refractivity contribution in [3.8, 4) is 0 Å². The number of nitrogens with two attached hydrogens (primary N) is 1. The van der Waals surface area contributed by atoms with Crippen molar-refractivity contribution in [2.24, 2.45) is 10.7 Å². The van der Waals surface area contributed by atoms with Gasteiger partial charge in [0.15, 0.2) is 5.96 Å². The molecule has 1 saturated heterocycles. The smallest absolute Gasteiger partial charge is 0.188 e. The van der Waals surface area contributed by atoms with Crippen LogP contribution < -0.4 is 11.1 Å². The Morgan fingerprint density at radius 3 is 2.87 bits per heavy atom. The predicted octanol–water partition coefficient (Wildman–Crippen LogP) is 1.52. The van der Waals surface area contributed by atoms with Crippen molar-refractivity contribution in [2.75, 3.05) is 45.9 Å². The minimum atomic E-state index is 0. The number of pyridine rings is 1. The van der Waals surface area contributed by atoms with Gasteiger partial charge in [0.1, 0.15) is 5.15 Å². The lowest BCUT2D eigenvalue weighted by atomic mass is 10.2. The van der Waals surface area contributed by atoms with Gasteiger partial charge in [0.05, 0.1) is 13.2 Å². The summed E-state index contributed by atoms with van der Waals surface area (Å²) in [7, 11) is 0. The second-order valence-electron chi connectivity index (χ2n) is 5.24. The highest BCUT2D eigenvalue weighted by Gasteiger charge is 2.08. The summed E-state index contributed by atoms with van der Waals surface area (Å²) in [5.41, 5.74) is 6.97. The van der Waals surface area contributed by atoms with Gasteiger partial charge in [-0.3, -0.25) is 9.89 Å². The summed E-state index contributed by atoms with van der Waals surface area (Å²) in [5, 5.41) is 3.63. The minimum absolute atomic E-state index is 0. The Kier molecular flexibility index (Phi) is 10.5. The molecule has 0 spiro atoms. The lowest BCUT2D eigenvalue weighted by molar-refractivity contribution is 0.0377. The van der Waals surface area contributed by atoms with Crippen molar-refractivity contribution in [3.05, 3.63) is 29.0 Å². The van der Waals surface area contributed by atoms with Gasteiger partial charge in [-0.15, -0.1) is 24.0 Å². The topological polar surface area (TPSA) is 75.8 Å². The van der Waals surface area contributed by atoms with Gasteiger partial charge < -0.3 is 15.8 Å². The van der Waals surface area contributed by atoms with Gasteiger partial charge in [-0.2, -0.15) is 0 Å². The van der Waals surface area contributed by atoms with E-state index in [-0.39, 0.29) is 24.0 Å². The summed E-state index contributed by atoms with van der Waals surface area (Å²) >= 11 is 5.75. The van der Waals surface area contributed by atoms with E-state index >= 15 is 0 Å². The third-order valence-corrected chi connectivity index (χ3v) is 3.75. The second-order valence-corrected chi connectivity index (χ2v) is 5.63. The van der Waals surface area contributed by atoms with Crippen LogP contribution in [0.25, 0.3) is 0 Å². The van der Waals surface area contributed by atoms with E-state index in [1.54, 1.807) is 12.3 Å². The van der Waals surface area contributed by atoms with Crippen LogP contribution >= 0.6 is 35.6 Å². The molecule has 1 fully saturated rings. The molecule has 23 heavy (non-hydrogen) atoms. The number of rotatable bonds is 7. The summed E-state index contributed by atoms with van der Waals surface area (Å²) in [5.74, 6) is 0.504. The van der Waals surface area contributed by atoms with Crippen LogP contribution in [-0.2, 0) is 11.2 Å². The molecule has 0 aromatic carbocycles. The maximum absolute atomic E-state index is 5.85. The van der Waals surface area contributed by atoms with Crippen molar-refractivity contribution >= 4 is 41.5 Å². The van der Waals surface area contributed by atoms with Crippen molar-refractivity contribution in [2.45, 2.75) is 12.8 Å². The van der Waals surface area contributed by atoms with E-state index < -0.39 is 0 Å². The van der Waals surface area contributed by atoms with E-state index in [2.05, 4.69) is 20.2 Å². The predicted molar refractivity (Wildman–Crippen MR) is 105 cm³/mol. The SMILES string of the molecule is I.NC(=NCCCN1CCOCC1)NCCc1ccc(Cl)nc1. The number of ether oxygens (including phenoxy) is 1. The summed E-state index contributed by atoms with van der Waals surface area (Å²) in [6.07, 6.45) is 3.64. The Bertz CT molecular complexity index is 465. The first-order chi connectivity index (χ1) is 10.7. The minimum Gasteiger partial charge on any atom is -0.379 e. The van der Waals surface area contributed by atoms with E-state index in [0.717, 1.165) is 64.3 Å². The van der Waals surface area contributed by atoms with Crippen molar-refractivity contribution in [1.29, 1.82) is 0 Å². The zero-order valence-electron chi connectivity index (χ0n) is 13.2. The van der Waals surface area contributed by atoms with Crippen molar-refractivity contribution < 1.29 is 4.74 Å². The molecule has 3 N–H and O–H groups in total. The highest BCUT2D eigenvalue weighted by molar-refractivity contribution is 14.0. The number of hydrogen-bond donors (Lipinski definition) is 2. The maximum Gasteiger partial charge on any atom is 0.188 e. The highest BCUT2D eigenvalue weighted by Crippen LogP contribution is 2.05. The largest absolute Gasteiger partial charge is 0.379 e. The number of morpholine rings is 1. The summed E-state index contributed by atoms with van der Waals surface area (Å²) < 4.78 is 5.32. The fourth-order valence-corrected chi connectivity index (χ4v) is 2.38. The summed E-state index contributed by atoms with van der Waals surface area (Å²) in [6, 6.07) is 3.76. The van der Waals surface area contributed by atoms with Gasteiger partial charge in [-0.05, 0) is 24.5 Å². The molecule has 1 aliphatic rings. The van der Waals surface area contributed by atoms with Gasteiger partial charge in [0, 0.05) is 38.9 Å². The molecular weight excluding hydrogens is 429 g/mol. The van der Waals surface area contributed by atoms with E-state index in [0.29, 0.717) is 11.1 Å². The van der Waals surface area contributed by atoms with Crippen LogP contribution in [0.2, 0.25) is 5.15 Å². The van der Waals surface area contributed by atoms with Gasteiger partial charge >= 0.3 is 0 Å². The number of aromatic nitrogens is 1. The zero-order chi connectivity index (χ0) is 15.6. The number of nitrogens with zero attached hydrogens (tertiary/aromatic N) is 3. The quantitative estimate of drug-likeness (QED) is 0.215. The third kappa shape index (κ3) is 8.69. The van der Waals surface area contributed by atoms with Crippen LogP contribution in [0, 0.1) is 0 Å². The molecule has 0 unspecified atom stereocenters. The molecule has 1 aromatic rings. The van der Waals surface area contributed by atoms with Gasteiger partial charge in [0.2, 0.25) is 0 Å². The van der Waals surface area contributed by atoms with Gasteiger partial charge in [0.25, 0.3) is 0 Å². The lowest BCUT2D eigenvalue weighted by Crippen LogP contribution is -2.37. The standard InChI is InChI=1S/C15H24ClN5O.HI/c16-14-3-2-13(12-20-14)4-6-19-15(17)18-5-1-7-21-8-10-22-11-9-21;/h2-3,12H,1,4-11H2,(H3,17,18,19);1H. The number of halogens is 2. The first-order valence-electron chi connectivity index (χ1n) is 7.68. The zero-order valence-corrected chi connectivity index (χ0v) is 16.3. The number of nitrogens with one attached hydrogen (secondary N) is 1. The average Bonchev–Trinajstić information content (AvgIpc) is 2.54. The molecule has 1 aliphatic heterocycles. The van der Waals surface area contributed by atoms with Crippen LogP contribution in [0.4, 0.5) is 0 Å². The van der Waals surface area contributed by atoms with Crippen LogP contribution in [-0.4, -0.2) is 61.8 Å². The third-order valence-electron chi connectivity index (χ3n) is 3.53. The van der Waals surface area contributed by atoms with Gasteiger partial charge in [-0.25, -0.2) is 4.98 Å². The molecule has 0 aliphatic carbocycles. The molecule has 0 amide bonds. The van der Waals surface area contributed by atoms with Crippen molar-refractivity contribution in [3.63, 3.8) is 0 Å². The monoisotopic (exact) mass is 453 g/mol. The molecule has 0 bridgehead atoms. The van der Waals surface area contributed by atoms with Gasteiger partial charge in [-0.1, -0.05) is 17.7 Å². The maximum atomic E-state index is 5.85. The van der Waals surface area contributed by atoms with Crippen LogP contribution in [0.3, 0.4) is 0 Å². The molecular formula is C15H25ClIN5O. The van der Waals surface area contributed by atoms with E-state index in [1.807, 2.05) is 6.07 Å². The fourth-order valence-electron chi connectivity index (χ4n) is 2.26. The Hall–Kier alpha value is -0.640. The Balaban J connectivity index is 0.00000264. The lowest BCUT2D eigenvalue weighted by Gasteiger charge is -2.26. The number of hydrogen-bond acceptors (Lipinski definition) is 4. The molecule has 130 valence electrons. The Labute approximate surface area is 159 Å². The van der Waals surface area contributed by atoms with E-state index in [4.69, 9.17) is 22.1 Å². The fraction of sp³-hybridized carbons (Fsp3) is 0.600. The summed E-state index contributed by atoms with van der Waals surface area (Å²) in [4.78, 5) is 10.8. The van der Waals surface area contributed by atoms with Crippen LogP contribution in [0.15, 0.2) is 23.3 Å². The molecule has 2 rings (SSSR count). The molecule has 2 heterocycles. The number of guanidine groups is 1.